The van der Waals surface area contributed by atoms with Crippen LogP contribution < -0.4 is 5.32 Å². The molecule has 0 aromatic carbocycles. The molecule has 1 fully saturated rings. The summed E-state index contributed by atoms with van der Waals surface area (Å²) in [5, 5.41) is 6.78. The number of nitrogens with one attached hydrogen (secondary N) is 1. The Balaban J connectivity index is 1.71. The smallest absolute Gasteiger partial charge is 0.341 e. The molecule has 1 aliphatic carbocycles. The van der Waals surface area contributed by atoms with Crippen LogP contribution in [0.4, 0.5) is 13.8 Å². The molecule has 0 atom stereocenters. The third-order valence-corrected chi connectivity index (χ3v) is 6.74. The van der Waals surface area contributed by atoms with E-state index in [2.05, 4.69) is 15.4 Å². The van der Waals surface area contributed by atoms with Gasteiger partial charge in [0.2, 0.25) is 0 Å². The van der Waals surface area contributed by atoms with E-state index in [-0.39, 0.29) is 50.9 Å². The molecule has 0 spiro atoms. The normalized spacial score (nSPS) is 13.3. The van der Waals surface area contributed by atoms with E-state index in [0.717, 1.165) is 28.7 Å². The van der Waals surface area contributed by atoms with Crippen molar-refractivity contribution >= 4 is 39.8 Å². The van der Waals surface area contributed by atoms with E-state index in [0.29, 0.717) is 17.7 Å². The Morgan fingerprint density at radius 1 is 1.29 bits per heavy atom. The average molecular weight is 506 g/mol. The van der Waals surface area contributed by atoms with Crippen LogP contribution in [0.3, 0.4) is 0 Å². The first kappa shape index (κ1) is 24.7. The maximum atomic E-state index is 13.7. The summed E-state index contributed by atoms with van der Waals surface area (Å²) in [7, 11) is 3.16. The lowest BCUT2D eigenvalue weighted by atomic mass is 10.1. The van der Waals surface area contributed by atoms with Crippen LogP contribution >= 0.6 is 11.3 Å². The maximum absolute atomic E-state index is 13.7. The lowest BCUT2D eigenvalue weighted by Crippen LogP contribution is -2.21. The first-order valence-electron chi connectivity index (χ1n) is 11.1. The number of halogens is 2. The van der Waals surface area contributed by atoms with Crippen LogP contribution in [0.5, 0.6) is 0 Å². The van der Waals surface area contributed by atoms with Crippen LogP contribution in [0.15, 0.2) is 12.1 Å². The van der Waals surface area contributed by atoms with Gasteiger partial charge in [-0.05, 0) is 37.8 Å². The summed E-state index contributed by atoms with van der Waals surface area (Å²) in [5.41, 5.74) is 0.672. The number of rotatable bonds is 8. The van der Waals surface area contributed by atoms with E-state index >= 15 is 0 Å². The quantitative estimate of drug-likeness (QED) is 0.454. The molecule has 9 nitrogen and oxygen atoms in total. The first-order valence-corrected chi connectivity index (χ1v) is 12.0. The van der Waals surface area contributed by atoms with Gasteiger partial charge in [-0.2, -0.15) is 5.10 Å². The van der Waals surface area contributed by atoms with Crippen molar-refractivity contribution in [3.8, 4) is 0 Å². The van der Waals surface area contributed by atoms with Crippen molar-refractivity contribution in [3.05, 3.63) is 45.2 Å². The van der Waals surface area contributed by atoms with Crippen LogP contribution in [0.25, 0.3) is 5.65 Å². The summed E-state index contributed by atoms with van der Waals surface area (Å²) in [5.74, 6) is -1.58. The summed E-state index contributed by atoms with van der Waals surface area (Å²) < 4.78 is 33.6. The third-order valence-electron chi connectivity index (χ3n) is 5.54. The molecule has 0 bridgehead atoms. The van der Waals surface area contributed by atoms with Crippen LogP contribution in [0.1, 0.15) is 86.0 Å². The summed E-state index contributed by atoms with van der Waals surface area (Å²) in [6.45, 7) is 3.63. The highest BCUT2D eigenvalue weighted by molar-refractivity contribution is 7.18. The van der Waals surface area contributed by atoms with Crippen LogP contribution in [-0.2, 0) is 4.74 Å². The van der Waals surface area contributed by atoms with Gasteiger partial charge in [0, 0.05) is 31.8 Å². The minimum absolute atomic E-state index is 0.0770. The number of thiophene rings is 1. The molecule has 0 radical (unpaired) electrons. The predicted octanol–water partition coefficient (Wildman–Crippen LogP) is 4.44. The number of amides is 2. The van der Waals surface area contributed by atoms with Crippen molar-refractivity contribution in [3.63, 3.8) is 0 Å². The van der Waals surface area contributed by atoms with Crippen molar-refractivity contribution in [2.45, 2.75) is 45.5 Å². The number of carbonyl (C=O) groups is 3. The van der Waals surface area contributed by atoms with Crippen LogP contribution in [0.2, 0.25) is 0 Å². The largest absolute Gasteiger partial charge is 0.462 e. The fourth-order valence-corrected chi connectivity index (χ4v) is 4.77. The molecule has 3 aromatic heterocycles. The van der Waals surface area contributed by atoms with Gasteiger partial charge in [-0.25, -0.2) is 23.1 Å². The summed E-state index contributed by atoms with van der Waals surface area (Å²) >= 11 is 0.943. The van der Waals surface area contributed by atoms with Crippen LogP contribution in [0, 0.1) is 6.92 Å². The maximum Gasteiger partial charge on any atom is 0.341 e. The van der Waals surface area contributed by atoms with Gasteiger partial charge in [0.15, 0.2) is 11.3 Å². The van der Waals surface area contributed by atoms with Gasteiger partial charge in [0.1, 0.15) is 10.7 Å². The number of hydrogen-bond acceptors (Lipinski definition) is 7. The van der Waals surface area contributed by atoms with Gasteiger partial charge in [-0.15, -0.1) is 11.3 Å². The van der Waals surface area contributed by atoms with E-state index in [4.69, 9.17) is 4.74 Å². The van der Waals surface area contributed by atoms with Gasteiger partial charge in [-0.3, -0.25) is 9.59 Å². The fraction of sp³-hybridized carbons (Fsp3) is 0.435. The minimum atomic E-state index is -2.80. The zero-order valence-electron chi connectivity index (χ0n) is 19.7. The van der Waals surface area contributed by atoms with Gasteiger partial charge >= 0.3 is 5.97 Å². The van der Waals surface area contributed by atoms with Crippen molar-refractivity contribution < 1.29 is 27.9 Å². The Hall–Kier alpha value is -3.41. The topological polar surface area (TPSA) is 106 Å². The zero-order valence-corrected chi connectivity index (χ0v) is 20.5. The SMILES string of the molecule is CCCOC(=O)c1c(NC(=O)c2cc3nc(C4CC4)cc(C(F)F)n3n2)sc(C(=O)N(C)C)c1C. The Kier molecular flexibility index (Phi) is 6.84. The molecular weight excluding hydrogens is 480 g/mol. The van der Waals surface area contributed by atoms with E-state index in [9.17, 15) is 23.2 Å². The molecule has 3 heterocycles. The summed E-state index contributed by atoms with van der Waals surface area (Å²) in [4.78, 5) is 44.4. The molecule has 2 amide bonds. The van der Waals surface area contributed by atoms with Gasteiger partial charge < -0.3 is 15.0 Å². The number of aromatic nitrogens is 3. The van der Waals surface area contributed by atoms with Crippen molar-refractivity contribution in [1.82, 2.24) is 19.5 Å². The molecule has 0 aliphatic heterocycles. The fourth-order valence-electron chi connectivity index (χ4n) is 3.56. The highest BCUT2D eigenvalue weighted by Gasteiger charge is 2.30. The zero-order chi connectivity index (χ0) is 25.4. The number of esters is 1. The van der Waals surface area contributed by atoms with E-state index < -0.39 is 18.3 Å². The Morgan fingerprint density at radius 3 is 2.60 bits per heavy atom. The second kappa shape index (κ2) is 9.68. The number of carbonyl (C=O) groups excluding carboxylic acids is 3. The van der Waals surface area contributed by atoms with Gasteiger partial charge in [0.25, 0.3) is 18.2 Å². The Morgan fingerprint density at radius 2 is 2.00 bits per heavy atom. The molecule has 12 heteroatoms. The number of ether oxygens (including phenoxy) is 1. The predicted molar refractivity (Wildman–Crippen MR) is 126 cm³/mol. The molecule has 4 rings (SSSR count). The molecule has 1 saturated carbocycles. The van der Waals surface area contributed by atoms with Crippen LogP contribution in [-0.4, -0.2) is 58.0 Å². The van der Waals surface area contributed by atoms with Gasteiger partial charge in [0.05, 0.1) is 17.0 Å². The molecule has 0 saturated heterocycles. The Bertz CT molecular complexity index is 1310. The van der Waals surface area contributed by atoms with E-state index in [1.54, 1.807) is 21.0 Å². The minimum Gasteiger partial charge on any atom is -0.462 e. The van der Waals surface area contributed by atoms with E-state index in [1.165, 1.54) is 17.0 Å². The Labute approximate surface area is 204 Å². The number of alkyl halides is 2. The molecule has 35 heavy (non-hydrogen) atoms. The molecule has 3 aromatic rings. The van der Waals surface area contributed by atoms with E-state index in [1.807, 2.05) is 6.92 Å². The monoisotopic (exact) mass is 505 g/mol. The molecule has 186 valence electrons. The second-order valence-electron chi connectivity index (χ2n) is 8.53. The molecule has 0 unspecified atom stereocenters. The van der Waals surface area contributed by atoms with Crippen molar-refractivity contribution in [2.75, 3.05) is 26.0 Å². The lowest BCUT2D eigenvalue weighted by molar-refractivity contribution is 0.0506. The first-order chi connectivity index (χ1) is 16.6. The number of nitrogens with zero attached hydrogens (tertiary/aromatic N) is 4. The standard InChI is InChI=1S/C23H25F2N5O4S/c1-5-8-34-23(33)17-11(2)18(22(32)29(3)4)35-21(17)27-20(31)14-10-16-26-13(12-6-7-12)9-15(19(24)25)30(16)28-14/h9-10,12,19H,5-8H2,1-4H3,(H,27,31). The number of hydrogen-bond donors (Lipinski definition) is 1. The van der Waals surface area contributed by atoms with Crippen molar-refractivity contribution in [1.29, 1.82) is 0 Å². The summed E-state index contributed by atoms with van der Waals surface area (Å²) in [6.07, 6.45) is -0.427. The molecule has 1 N–H and O–H groups in total. The second-order valence-corrected chi connectivity index (χ2v) is 9.55. The highest BCUT2D eigenvalue weighted by atomic mass is 32.1. The lowest BCUT2D eigenvalue weighted by Gasteiger charge is -2.09. The highest BCUT2D eigenvalue weighted by Crippen LogP contribution is 2.40. The number of anilines is 1. The summed E-state index contributed by atoms with van der Waals surface area (Å²) in [6, 6.07) is 2.65. The number of fused-ring (bicyclic) bond motifs is 1. The molecular formula is C23H25F2N5O4S. The van der Waals surface area contributed by atoms with Gasteiger partial charge in [-0.1, -0.05) is 6.92 Å². The molecule has 1 aliphatic rings. The average Bonchev–Trinajstić information content (AvgIpc) is 3.49. The van der Waals surface area contributed by atoms with Crippen molar-refractivity contribution in [2.24, 2.45) is 0 Å². The third kappa shape index (κ3) is 4.88.